The van der Waals surface area contributed by atoms with Gasteiger partial charge in [0.2, 0.25) is 17.7 Å². The van der Waals surface area contributed by atoms with E-state index < -0.39 is 48.4 Å². The van der Waals surface area contributed by atoms with Crippen LogP contribution >= 0.6 is 0 Å². The van der Waals surface area contributed by atoms with Gasteiger partial charge in [0.15, 0.2) is 0 Å². The van der Waals surface area contributed by atoms with E-state index in [0.29, 0.717) is 0 Å². The molecule has 5 aromatic rings. The highest BCUT2D eigenvalue weighted by molar-refractivity contribution is 5.93. The van der Waals surface area contributed by atoms with Gasteiger partial charge in [0.25, 0.3) is 0 Å². The maximum Gasteiger partial charge on any atom is 0.326 e. The van der Waals surface area contributed by atoms with Crippen molar-refractivity contribution in [2.45, 2.75) is 37.4 Å². The molecule has 2 aromatic heterocycles. The molecule has 3 aromatic carbocycles. The Balaban J connectivity index is 1.21. The van der Waals surface area contributed by atoms with Crippen molar-refractivity contribution in [3.05, 3.63) is 108 Å². The Kier molecular flexibility index (Phi) is 9.36. The minimum Gasteiger partial charge on any atom is -0.480 e. The van der Waals surface area contributed by atoms with Crippen LogP contribution in [-0.2, 0) is 38.4 Å². The number of fused-ring (bicyclic) bond motifs is 2. The monoisotopic (exact) mass is 594 g/mol. The first-order valence-corrected chi connectivity index (χ1v) is 14.3. The van der Waals surface area contributed by atoms with E-state index in [9.17, 15) is 24.3 Å². The molecule has 0 radical (unpaired) electrons. The number of carboxylic acids is 1. The fourth-order valence-electron chi connectivity index (χ4n) is 5.23. The largest absolute Gasteiger partial charge is 0.480 e. The molecule has 3 atom stereocenters. The van der Waals surface area contributed by atoms with E-state index in [0.717, 1.165) is 38.5 Å². The molecule has 0 aliphatic carbocycles. The summed E-state index contributed by atoms with van der Waals surface area (Å²) in [6.07, 6.45) is 3.96. The normalized spacial score (nSPS) is 13.2. The number of benzene rings is 3. The molecule has 2 heterocycles. The molecule has 0 saturated heterocycles. The topological polar surface area (TPSA) is 182 Å². The average molecular weight is 595 g/mol. The molecule has 44 heavy (non-hydrogen) atoms. The molecule has 5 rings (SSSR count). The quantitative estimate of drug-likeness (QED) is 0.110. The second-order valence-corrected chi connectivity index (χ2v) is 10.7. The highest BCUT2D eigenvalue weighted by Gasteiger charge is 2.28. The molecule has 8 N–H and O–H groups in total. The molecule has 3 unspecified atom stereocenters. The number of para-hydroxylation sites is 2. The number of nitrogens with one attached hydrogen (secondary N) is 5. The number of hydrogen-bond donors (Lipinski definition) is 7. The number of nitrogens with two attached hydrogens (primary N) is 1. The third-order valence-corrected chi connectivity index (χ3v) is 7.52. The molecule has 3 amide bonds. The summed E-state index contributed by atoms with van der Waals surface area (Å²) in [7, 11) is 0. The zero-order valence-corrected chi connectivity index (χ0v) is 23.9. The number of carbonyl (C=O) groups excluding carboxylic acids is 3. The molecule has 0 saturated carbocycles. The summed E-state index contributed by atoms with van der Waals surface area (Å²) in [5.41, 5.74) is 10.3. The molecular formula is C33H34N6O5. The highest BCUT2D eigenvalue weighted by Crippen LogP contribution is 2.20. The van der Waals surface area contributed by atoms with Crippen LogP contribution in [0.2, 0.25) is 0 Å². The summed E-state index contributed by atoms with van der Waals surface area (Å²) in [4.78, 5) is 57.5. The molecular weight excluding hydrogens is 560 g/mol. The molecule has 0 aliphatic rings. The summed E-state index contributed by atoms with van der Waals surface area (Å²) in [5, 5.41) is 19.5. The molecule has 0 aliphatic heterocycles. The number of H-pyrrole nitrogens is 2. The SMILES string of the molecule is NC(Cc1c[nH]c2ccccc12)C(=O)NCC(=O)NC(Cc1ccccc1)C(=O)NC(Cc1c[nH]c2ccccc12)C(=O)O. The first-order valence-electron chi connectivity index (χ1n) is 14.3. The van der Waals surface area contributed by atoms with Crippen LogP contribution in [0.1, 0.15) is 16.7 Å². The van der Waals surface area contributed by atoms with E-state index in [1.165, 1.54) is 0 Å². The van der Waals surface area contributed by atoms with E-state index in [-0.39, 0.29) is 19.3 Å². The van der Waals surface area contributed by atoms with Gasteiger partial charge in [-0.05, 0) is 35.2 Å². The van der Waals surface area contributed by atoms with E-state index >= 15 is 0 Å². The van der Waals surface area contributed by atoms with Crippen LogP contribution in [-0.4, -0.2) is 63.4 Å². The van der Waals surface area contributed by atoms with E-state index in [1.807, 2.05) is 54.6 Å². The summed E-state index contributed by atoms with van der Waals surface area (Å²) < 4.78 is 0. The number of carbonyl (C=O) groups is 4. The van der Waals surface area contributed by atoms with Gasteiger partial charge in [-0.15, -0.1) is 0 Å². The van der Waals surface area contributed by atoms with Crippen LogP contribution in [0.4, 0.5) is 0 Å². The Labute approximate surface area is 253 Å². The zero-order valence-electron chi connectivity index (χ0n) is 23.9. The third-order valence-electron chi connectivity index (χ3n) is 7.52. The van der Waals surface area contributed by atoms with Crippen molar-refractivity contribution in [2.24, 2.45) is 5.73 Å². The fourth-order valence-corrected chi connectivity index (χ4v) is 5.23. The Morgan fingerprint density at radius 2 is 1.25 bits per heavy atom. The maximum absolute atomic E-state index is 13.4. The smallest absolute Gasteiger partial charge is 0.326 e. The zero-order chi connectivity index (χ0) is 31.1. The summed E-state index contributed by atoms with van der Waals surface area (Å²) in [6.45, 7) is -0.406. The van der Waals surface area contributed by atoms with Crippen LogP contribution in [0.3, 0.4) is 0 Å². The van der Waals surface area contributed by atoms with Gasteiger partial charge >= 0.3 is 5.97 Å². The van der Waals surface area contributed by atoms with Gasteiger partial charge in [-0.3, -0.25) is 14.4 Å². The van der Waals surface area contributed by atoms with Gasteiger partial charge in [-0.2, -0.15) is 0 Å². The van der Waals surface area contributed by atoms with Gasteiger partial charge < -0.3 is 36.8 Å². The molecule has 11 nitrogen and oxygen atoms in total. The lowest BCUT2D eigenvalue weighted by Gasteiger charge is -2.22. The first-order chi connectivity index (χ1) is 21.3. The second-order valence-electron chi connectivity index (χ2n) is 10.7. The molecule has 0 fully saturated rings. The Morgan fingerprint density at radius 1 is 0.682 bits per heavy atom. The van der Waals surface area contributed by atoms with Crippen LogP contribution < -0.4 is 21.7 Å². The Hall–Kier alpha value is -5.42. The van der Waals surface area contributed by atoms with Crippen molar-refractivity contribution in [1.82, 2.24) is 25.9 Å². The van der Waals surface area contributed by atoms with Crippen molar-refractivity contribution in [1.29, 1.82) is 0 Å². The number of amides is 3. The van der Waals surface area contributed by atoms with Crippen LogP contribution in [0.5, 0.6) is 0 Å². The van der Waals surface area contributed by atoms with Crippen LogP contribution in [0, 0.1) is 0 Å². The van der Waals surface area contributed by atoms with Crippen molar-refractivity contribution in [3.63, 3.8) is 0 Å². The number of aromatic amines is 2. The third kappa shape index (κ3) is 7.31. The molecule has 11 heteroatoms. The lowest BCUT2D eigenvalue weighted by atomic mass is 10.0. The maximum atomic E-state index is 13.4. The number of hydrogen-bond acceptors (Lipinski definition) is 5. The van der Waals surface area contributed by atoms with Gasteiger partial charge in [0.05, 0.1) is 12.6 Å². The Morgan fingerprint density at radius 3 is 1.86 bits per heavy atom. The molecule has 226 valence electrons. The van der Waals surface area contributed by atoms with Gasteiger partial charge in [0, 0.05) is 47.0 Å². The van der Waals surface area contributed by atoms with Gasteiger partial charge in [-0.25, -0.2) is 4.79 Å². The average Bonchev–Trinajstić information content (AvgIpc) is 3.63. The number of aromatic nitrogens is 2. The molecule has 0 spiro atoms. The van der Waals surface area contributed by atoms with E-state index in [2.05, 4.69) is 25.9 Å². The van der Waals surface area contributed by atoms with Crippen molar-refractivity contribution >= 4 is 45.5 Å². The number of carboxylic acid groups (broad SMARTS) is 1. The summed E-state index contributed by atoms with van der Waals surface area (Å²) in [5.74, 6) is -2.99. The van der Waals surface area contributed by atoms with Crippen LogP contribution in [0.15, 0.2) is 91.3 Å². The van der Waals surface area contributed by atoms with Crippen LogP contribution in [0.25, 0.3) is 21.8 Å². The highest BCUT2D eigenvalue weighted by atomic mass is 16.4. The standard InChI is InChI=1S/C33H34N6O5/c34-25(15-21-17-35-26-12-6-4-10-23(21)26)31(41)37-19-30(40)38-28(14-20-8-2-1-3-9-20)32(42)39-29(33(43)44)16-22-18-36-27-13-7-5-11-24(22)27/h1-13,17-18,25,28-29,35-36H,14-16,19,34H2,(H,37,41)(H,38,40)(H,39,42)(H,43,44). The van der Waals surface area contributed by atoms with Gasteiger partial charge in [0.1, 0.15) is 12.1 Å². The Bertz CT molecular complexity index is 1780. The lowest BCUT2D eigenvalue weighted by Crippen LogP contribution is -2.55. The van der Waals surface area contributed by atoms with Crippen molar-refractivity contribution in [3.8, 4) is 0 Å². The fraction of sp³-hybridized carbons (Fsp3) is 0.212. The minimum atomic E-state index is -1.24. The number of rotatable bonds is 13. The summed E-state index contributed by atoms with van der Waals surface area (Å²) in [6, 6.07) is 21.0. The second kappa shape index (κ2) is 13.7. The lowest BCUT2D eigenvalue weighted by molar-refractivity contribution is -0.142. The number of aliphatic carboxylic acids is 1. The first kappa shape index (κ1) is 30.1. The summed E-state index contributed by atoms with van der Waals surface area (Å²) >= 11 is 0. The van der Waals surface area contributed by atoms with E-state index in [4.69, 9.17) is 5.73 Å². The van der Waals surface area contributed by atoms with E-state index in [1.54, 1.807) is 36.7 Å². The predicted molar refractivity (Wildman–Crippen MR) is 167 cm³/mol. The van der Waals surface area contributed by atoms with Crippen molar-refractivity contribution in [2.75, 3.05) is 6.54 Å². The predicted octanol–water partition coefficient (Wildman–Crippen LogP) is 2.17. The minimum absolute atomic E-state index is 0.0431. The molecule has 0 bridgehead atoms. The van der Waals surface area contributed by atoms with Crippen molar-refractivity contribution < 1.29 is 24.3 Å². The van der Waals surface area contributed by atoms with Gasteiger partial charge in [-0.1, -0.05) is 66.7 Å².